The van der Waals surface area contributed by atoms with Crippen LogP contribution in [-0.4, -0.2) is 45.6 Å². The van der Waals surface area contributed by atoms with Crippen molar-refractivity contribution in [2.45, 2.75) is 23.8 Å². The first kappa shape index (κ1) is 15.9. The maximum Gasteiger partial charge on any atom is 0.175 e. The molecule has 5 nitrogen and oxygen atoms in total. The van der Waals surface area contributed by atoms with E-state index in [4.69, 9.17) is 4.74 Å². The molecule has 2 N–H and O–H groups in total. The van der Waals surface area contributed by atoms with E-state index in [1.165, 1.54) is 6.26 Å². The molecule has 1 aromatic rings. The first-order chi connectivity index (χ1) is 8.74. The van der Waals surface area contributed by atoms with Crippen molar-refractivity contribution in [1.82, 2.24) is 0 Å². The molecule has 1 rings (SSSR count). The zero-order chi connectivity index (χ0) is 14.5. The Morgan fingerprint density at radius 3 is 2.37 bits per heavy atom. The maximum atomic E-state index is 11.3. The van der Waals surface area contributed by atoms with E-state index in [1.807, 2.05) is 0 Å². The smallest absolute Gasteiger partial charge is 0.175 e. The minimum Gasteiger partial charge on any atom is -0.388 e. The van der Waals surface area contributed by atoms with Gasteiger partial charge in [-0.2, -0.15) is 0 Å². The quantitative estimate of drug-likeness (QED) is 0.790. The van der Waals surface area contributed by atoms with Gasteiger partial charge in [0.15, 0.2) is 9.84 Å². The summed E-state index contributed by atoms with van der Waals surface area (Å²) in [5.41, 5.74) is -0.101. The van der Waals surface area contributed by atoms with Gasteiger partial charge in [0, 0.05) is 38.6 Å². The standard InChI is InChI=1S/C13H21NO4S/c1-13(15,8-9-18-2)10-14-11-4-6-12(7-5-11)19(3,16)17/h4-7,14-15H,8-10H2,1-3H3. The molecular formula is C13H21NO4S. The van der Waals surface area contributed by atoms with Crippen molar-refractivity contribution in [3.05, 3.63) is 24.3 Å². The van der Waals surface area contributed by atoms with Gasteiger partial charge in [0.05, 0.1) is 10.5 Å². The van der Waals surface area contributed by atoms with Crippen molar-refractivity contribution in [2.75, 3.05) is 31.8 Å². The number of sulfone groups is 1. The van der Waals surface area contributed by atoms with Crippen LogP contribution in [0.4, 0.5) is 5.69 Å². The molecule has 0 heterocycles. The Balaban J connectivity index is 2.59. The predicted molar refractivity (Wildman–Crippen MR) is 75.2 cm³/mol. The molecule has 6 heteroatoms. The molecule has 0 spiro atoms. The molecule has 0 aliphatic rings. The van der Waals surface area contributed by atoms with Crippen molar-refractivity contribution in [1.29, 1.82) is 0 Å². The lowest BCUT2D eigenvalue weighted by Gasteiger charge is -2.23. The summed E-state index contributed by atoms with van der Waals surface area (Å²) < 4.78 is 27.5. The monoisotopic (exact) mass is 287 g/mol. The van der Waals surface area contributed by atoms with E-state index < -0.39 is 15.4 Å². The molecule has 0 fully saturated rings. The number of anilines is 1. The highest BCUT2D eigenvalue weighted by Crippen LogP contribution is 2.16. The molecule has 0 saturated heterocycles. The van der Waals surface area contributed by atoms with Crippen molar-refractivity contribution in [3.63, 3.8) is 0 Å². The largest absolute Gasteiger partial charge is 0.388 e. The van der Waals surface area contributed by atoms with Crippen LogP contribution in [0.15, 0.2) is 29.2 Å². The molecule has 0 bridgehead atoms. The highest BCUT2D eigenvalue weighted by atomic mass is 32.2. The Labute approximate surface area is 114 Å². The number of methoxy groups -OCH3 is 1. The fourth-order valence-electron chi connectivity index (χ4n) is 1.52. The summed E-state index contributed by atoms with van der Waals surface area (Å²) in [6.07, 6.45) is 1.70. The molecule has 1 aromatic carbocycles. The fraction of sp³-hybridized carbons (Fsp3) is 0.538. The Morgan fingerprint density at radius 2 is 1.89 bits per heavy atom. The second-order valence-electron chi connectivity index (χ2n) is 4.89. The first-order valence-corrected chi connectivity index (χ1v) is 7.89. The van der Waals surface area contributed by atoms with Gasteiger partial charge in [0.2, 0.25) is 0 Å². The van der Waals surface area contributed by atoms with Gasteiger partial charge in [-0.1, -0.05) is 0 Å². The SMILES string of the molecule is COCCC(C)(O)CNc1ccc(S(C)(=O)=O)cc1. The lowest BCUT2D eigenvalue weighted by molar-refractivity contribution is 0.0357. The molecule has 108 valence electrons. The molecule has 0 aliphatic heterocycles. The highest BCUT2D eigenvalue weighted by Gasteiger charge is 2.19. The molecule has 0 saturated carbocycles. The van der Waals surface area contributed by atoms with E-state index in [1.54, 1.807) is 38.3 Å². The summed E-state index contributed by atoms with van der Waals surface area (Å²) in [5, 5.41) is 13.1. The third-order valence-corrected chi connectivity index (χ3v) is 3.93. The number of hydrogen-bond acceptors (Lipinski definition) is 5. The highest BCUT2D eigenvalue weighted by molar-refractivity contribution is 7.90. The van der Waals surface area contributed by atoms with Crippen LogP contribution in [0, 0.1) is 0 Å². The van der Waals surface area contributed by atoms with Gasteiger partial charge in [-0.25, -0.2) is 8.42 Å². The summed E-state index contributed by atoms with van der Waals surface area (Å²) in [4.78, 5) is 0.282. The maximum absolute atomic E-state index is 11.3. The van der Waals surface area contributed by atoms with Crippen LogP contribution in [0.3, 0.4) is 0 Å². The molecule has 1 atom stereocenters. The topological polar surface area (TPSA) is 75.6 Å². The molecular weight excluding hydrogens is 266 g/mol. The first-order valence-electron chi connectivity index (χ1n) is 6.00. The zero-order valence-electron chi connectivity index (χ0n) is 11.5. The normalized spacial score (nSPS) is 14.9. The molecule has 0 amide bonds. The van der Waals surface area contributed by atoms with E-state index in [-0.39, 0.29) is 4.90 Å². The Bertz CT molecular complexity index is 494. The van der Waals surface area contributed by atoms with E-state index in [2.05, 4.69) is 5.32 Å². The molecule has 1 unspecified atom stereocenters. The van der Waals surface area contributed by atoms with Gasteiger partial charge < -0.3 is 15.2 Å². The van der Waals surface area contributed by atoms with Crippen LogP contribution in [-0.2, 0) is 14.6 Å². The second kappa shape index (κ2) is 6.36. The number of nitrogens with one attached hydrogen (secondary N) is 1. The number of benzene rings is 1. The summed E-state index contributed by atoms with van der Waals surface area (Å²) >= 11 is 0. The van der Waals surface area contributed by atoms with Crippen LogP contribution in [0.25, 0.3) is 0 Å². The lowest BCUT2D eigenvalue weighted by Crippen LogP contribution is -2.34. The predicted octanol–water partition coefficient (Wildman–Crippen LogP) is 1.29. The van der Waals surface area contributed by atoms with E-state index in [0.29, 0.717) is 19.6 Å². The summed E-state index contributed by atoms with van der Waals surface area (Å²) in [7, 11) is -1.58. The zero-order valence-corrected chi connectivity index (χ0v) is 12.3. The molecule has 0 radical (unpaired) electrons. The van der Waals surface area contributed by atoms with Crippen LogP contribution in [0.1, 0.15) is 13.3 Å². The van der Waals surface area contributed by atoms with Crippen LogP contribution in [0.5, 0.6) is 0 Å². The summed E-state index contributed by atoms with van der Waals surface area (Å²) in [5.74, 6) is 0. The second-order valence-corrected chi connectivity index (χ2v) is 6.91. The van der Waals surface area contributed by atoms with Crippen LogP contribution < -0.4 is 5.32 Å². The van der Waals surface area contributed by atoms with Gasteiger partial charge >= 0.3 is 0 Å². The van der Waals surface area contributed by atoms with Crippen molar-refractivity contribution in [2.24, 2.45) is 0 Å². The van der Waals surface area contributed by atoms with Gasteiger partial charge in [0.25, 0.3) is 0 Å². The Morgan fingerprint density at radius 1 is 1.32 bits per heavy atom. The Hall–Kier alpha value is -1.11. The summed E-state index contributed by atoms with van der Waals surface area (Å²) in [6.45, 7) is 2.58. The number of aliphatic hydroxyl groups is 1. The van der Waals surface area contributed by atoms with Gasteiger partial charge in [0.1, 0.15) is 0 Å². The molecule has 0 aliphatic carbocycles. The van der Waals surface area contributed by atoms with Crippen molar-refractivity contribution >= 4 is 15.5 Å². The molecule has 0 aromatic heterocycles. The minimum absolute atomic E-state index is 0.282. The molecule has 19 heavy (non-hydrogen) atoms. The van der Waals surface area contributed by atoms with Gasteiger partial charge in [-0.15, -0.1) is 0 Å². The average molecular weight is 287 g/mol. The van der Waals surface area contributed by atoms with Gasteiger partial charge in [-0.05, 0) is 31.2 Å². The third kappa shape index (κ3) is 5.59. The average Bonchev–Trinajstić information content (AvgIpc) is 2.34. The fourth-order valence-corrected chi connectivity index (χ4v) is 2.15. The lowest BCUT2D eigenvalue weighted by atomic mass is 10.0. The minimum atomic E-state index is -3.17. The van der Waals surface area contributed by atoms with Crippen molar-refractivity contribution in [3.8, 4) is 0 Å². The number of ether oxygens (including phenoxy) is 1. The third-order valence-electron chi connectivity index (χ3n) is 2.80. The van der Waals surface area contributed by atoms with Gasteiger partial charge in [-0.3, -0.25) is 0 Å². The van der Waals surface area contributed by atoms with Crippen LogP contribution >= 0.6 is 0 Å². The van der Waals surface area contributed by atoms with E-state index in [0.717, 1.165) is 5.69 Å². The Kier molecular flexibility index (Phi) is 5.34. The number of hydrogen-bond donors (Lipinski definition) is 2. The number of rotatable bonds is 7. The van der Waals surface area contributed by atoms with E-state index in [9.17, 15) is 13.5 Å². The van der Waals surface area contributed by atoms with Crippen molar-refractivity contribution < 1.29 is 18.3 Å². The van der Waals surface area contributed by atoms with Crippen LogP contribution in [0.2, 0.25) is 0 Å². The van der Waals surface area contributed by atoms with E-state index >= 15 is 0 Å². The summed E-state index contributed by atoms with van der Waals surface area (Å²) in [6, 6.07) is 6.45.